The van der Waals surface area contributed by atoms with Crippen LogP contribution < -0.4 is 15.2 Å². The molecular weight excluding hydrogens is 358 g/mol. The maximum atomic E-state index is 12.2. The van der Waals surface area contributed by atoms with E-state index in [4.69, 9.17) is 26.9 Å². The summed E-state index contributed by atoms with van der Waals surface area (Å²) in [6.07, 6.45) is 0. The molecule has 0 heterocycles. The van der Waals surface area contributed by atoms with Crippen molar-refractivity contribution >= 4 is 23.4 Å². The van der Waals surface area contributed by atoms with Gasteiger partial charge in [-0.3, -0.25) is 0 Å². The number of halogens is 3. The summed E-state index contributed by atoms with van der Waals surface area (Å²) in [5, 5.41) is 3.91. The third kappa shape index (κ3) is 5.05. The van der Waals surface area contributed by atoms with Gasteiger partial charge in [0.25, 0.3) is 0 Å². The number of oxime groups is 1. The number of ether oxygens (including phenoxy) is 2. The van der Waals surface area contributed by atoms with Crippen LogP contribution in [0.3, 0.4) is 0 Å². The molecule has 6 nitrogen and oxygen atoms in total. The van der Waals surface area contributed by atoms with Crippen LogP contribution in [0.25, 0.3) is 0 Å². The summed E-state index contributed by atoms with van der Waals surface area (Å²) < 4.78 is 33.7. The number of nitrogens with zero attached hydrogens (tertiary/aromatic N) is 1. The summed E-state index contributed by atoms with van der Waals surface area (Å²) in [4.78, 5) is 16.7. The SMILES string of the molecule is COc1ccc(Cl)cc1/C(N)=N/OC(=O)c1cccc(OC(F)F)c1. The number of rotatable bonds is 6. The summed E-state index contributed by atoms with van der Waals surface area (Å²) in [7, 11) is 1.43. The number of benzene rings is 2. The van der Waals surface area contributed by atoms with Crippen LogP contribution in [-0.4, -0.2) is 25.5 Å². The van der Waals surface area contributed by atoms with E-state index in [1.807, 2.05) is 0 Å². The highest BCUT2D eigenvalue weighted by molar-refractivity contribution is 6.31. The van der Waals surface area contributed by atoms with Gasteiger partial charge in [0.15, 0.2) is 5.84 Å². The maximum absolute atomic E-state index is 12.2. The quantitative estimate of drug-likeness (QED) is 0.364. The Morgan fingerprint density at radius 2 is 2.00 bits per heavy atom. The molecule has 0 aliphatic heterocycles. The normalized spacial score (nSPS) is 11.3. The van der Waals surface area contributed by atoms with Crippen molar-refractivity contribution in [1.82, 2.24) is 0 Å². The molecule has 25 heavy (non-hydrogen) atoms. The summed E-state index contributed by atoms with van der Waals surface area (Å²) in [6, 6.07) is 9.75. The number of carbonyl (C=O) groups excluding carboxylic acids is 1. The van der Waals surface area contributed by atoms with Crippen LogP contribution in [0.4, 0.5) is 8.78 Å². The fourth-order valence-corrected chi connectivity index (χ4v) is 2.04. The Hall–Kier alpha value is -2.87. The molecule has 0 aromatic heterocycles. The lowest BCUT2D eigenvalue weighted by atomic mass is 10.2. The molecule has 132 valence electrons. The molecule has 2 rings (SSSR count). The van der Waals surface area contributed by atoms with Crippen molar-refractivity contribution in [2.45, 2.75) is 6.61 Å². The highest BCUT2D eigenvalue weighted by Crippen LogP contribution is 2.22. The summed E-state index contributed by atoms with van der Waals surface area (Å²) >= 11 is 5.89. The molecule has 0 spiro atoms. The van der Waals surface area contributed by atoms with E-state index < -0.39 is 12.6 Å². The molecule has 0 saturated heterocycles. The molecule has 2 N–H and O–H groups in total. The Morgan fingerprint density at radius 1 is 1.24 bits per heavy atom. The van der Waals surface area contributed by atoms with Crippen LogP contribution in [0.5, 0.6) is 11.5 Å². The molecular formula is C16H13ClF2N2O4. The van der Waals surface area contributed by atoms with Gasteiger partial charge in [-0.2, -0.15) is 8.78 Å². The van der Waals surface area contributed by atoms with E-state index in [9.17, 15) is 13.6 Å². The third-order valence-electron chi connectivity index (χ3n) is 2.96. The maximum Gasteiger partial charge on any atom is 0.387 e. The highest BCUT2D eigenvalue weighted by atomic mass is 35.5. The van der Waals surface area contributed by atoms with Gasteiger partial charge in [0.05, 0.1) is 18.2 Å². The van der Waals surface area contributed by atoms with Gasteiger partial charge in [-0.05, 0) is 36.4 Å². The van der Waals surface area contributed by atoms with Crippen molar-refractivity contribution < 1.29 is 27.9 Å². The van der Waals surface area contributed by atoms with Crippen molar-refractivity contribution in [2.24, 2.45) is 10.9 Å². The van der Waals surface area contributed by atoms with Crippen LogP contribution >= 0.6 is 11.6 Å². The first kappa shape index (κ1) is 18.5. The Bertz CT molecular complexity index is 799. The molecule has 2 aromatic rings. The van der Waals surface area contributed by atoms with Gasteiger partial charge < -0.3 is 20.0 Å². The second-order valence-electron chi connectivity index (χ2n) is 4.61. The Kier molecular flexibility index (Phi) is 6.13. The summed E-state index contributed by atoms with van der Waals surface area (Å²) in [5.41, 5.74) is 6.07. The van der Waals surface area contributed by atoms with E-state index >= 15 is 0 Å². The molecule has 0 amide bonds. The third-order valence-corrected chi connectivity index (χ3v) is 3.19. The van der Waals surface area contributed by atoms with E-state index in [2.05, 4.69) is 9.89 Å². The molecule has 9 heteroatoms. The minimum absolute atomic E-state index is 0.0345. The zero-order valence-corrected chi connectivity index (χ0v) is 13.7. The Balaban J connectivity index is 2.16. The van der Waals surface area contributed by atoms with Crippen molar-refractivity contribution in [3.8, 4) is 11.5 Å². The monoisotopic (exact) mass is 370 g/mol. The first-order valence-corrected chi connectivity index (χ1v) is 7.22. The average Bonchev–Trinajstić information content (AvgIpc) is 2.59. The highest BCUT2D eigenvalue weighted by Gasteiger charge is 2.13. The number of nitrogens with two attached hydrogens (primary N) is 1. The van der Waals surface area contributed by atoms with Gasteiger partial charge in [0.1, 0.15) is 11.5 Å². The predicted molar refractivity (Wildman–Crippen MR) is 87.2 cm³/mol. The number of hydrogen-bond donors (Lipinski definition) is 1. The molecule has 0 aliphatic rings. The predicted octanol–water partition coefficient (Wildman–Crippen LogP) is 3.43. The Labute approximate surface area is 146 Å². The molecule has 0 aliphatic carbocycles. The minimum Gasteiger partial charge on any atom is -0.496 e. The molecule has 0 radical (unpaired) electrons. The fraction of sp³-hybridized carbons (Fsp3) is 0.125. The van der Waals surface area contributed by atoms with E-state index in [1.54, 1.807) is 12.1 Å². The molecule has 0 fully saturated rings. The van der Waals surface area contributed by atoms with Crippen LogP contribution in [0.15, 0.2) is 47.6 Å². The number of amidine groups is 1. The summed E-state index contributed by atoms with van der Waals surface area (Å²) in [6.45, 7) is -3.00. The molecule has 0 atom stereocenters. The van der Waals surface area contributed by atoms with Gasteiger partial charge in [0, 0.05) is 5.02 Å². The second kappa shape index (κ2) is 8.29. The molecule has 0 saturated carbocycles. The van der Waals surface area contributed by atoms with Crippen LogP contribution in [0, 0.1) is 0 Å². The van der Waals surface area contributed by atoms with Gasteiger partial charge in [-0.25, -0.2) is 4.79 Å². The average molecular weight is 371 g/mol. The smallest absolute Gasteiger partial charge is 0.387 e. The number of hydrogen-bond acceptors (Lipinski definition) is 5. The summed E-state index contributed by atoms with van der Waals surface area (Å²) in [5.74, 6) is -0.844. The van der Waals surface area contributed by atoms with Crippen LogP contribution in [0.2, 0.25) is 5.02 Å². The lowest BCUT2D eigenvalue weighted by Crippen LogP contribution is -2.16. The van der Waals surface area contributed by atoms with Gasteiger partial charge >= 0.3 is 12.6 Å². The first-order chi connectivity index (χ1) is 11.9. The topological polar surface area (TPSA) is 83.1 Å². The molecule has 0 unspecified atom stereocenters. The first-order valence-electron chi connectivity index (χ1n) is 6.84. The number of methoxy groups -OCH3 is 1. The standard InChI is InChI=1S/C16H13ClF2N2O4/c1-23-13-6-5-10(17)8-12(13)14(20)21-25-15(22)9-3-2-4-11(7-9)24-16(18)19/h2-8,16H,1H3,(H2,20,21). The Morgan fingerprint density at radius 3 is 2.68 bits per heavy atom. The second-order valence-corrected chi connectivity index (χ2v) is 5.04. The van der Waals surface area contributed by atoms with Crippen LogP contribution in [-0.2, 0) is 4.84 Å². The lowest BCUT2D eigenvalue weighted by Gasteiger charge is -2.08. The van der Waals surface area contributed by atoms with E-state index in [1.165, 1.54) is 31.4 Å². The van der Waals surface area contributed by atoms with Gasteiger partial charge in [-0.1, -0.05) is 22.8 Å². The van der Waals surface area contributed by atoms with E-state index in [0.717, 1.165) is 6.07 Å². The van der Waals surface area contributed by atoms with Crippen molar-refractivity contribution in [3.05, 3.63) is 58.6 Å². The van der Waals surface area contributed by atoms with Gasteiger partial charge in [0.2, 0.25) is 0 Å². The van der Waals surface area contributed by atoms with Crippen molar-refractivity contribution in [3.63, 3.8) is 0 Å². The number of alkyl halides is 2. The lowest BCUT2D eigenvalue weighted by molar-refractivity contribution is -0.0499. The van der Waals surface area contributed by atoms with E-state index in [-0.39, 0.29) is 17.1 Å². The number of carbonyl (C=O) groups is 1. The van der Waals surface area contributed by atoms with Gasteiger partial charge in [-0.15, -0.1) is 0 Å². The van der Waals surface area contributed by atoms with E-state index in [0.29, 0.717) is 16.3 Å². The fourth-order valence-electron chi connectivity index (χ4n) is 1.87. The molecule has 0 bridgehead atoms. The molecule has 2 aromatic carbocycles. The minimum atomic E-state index is -3.00. The van der Waals surface area contributed by atoms with Crippen molar-refractivity contribution in [1.29, 1.82) is 0 Å². The van der Waals surface area contributed by atoms with Crippen LogP contribution in [0.1, 0.15) is 15.9 Å². The largest absolute Gasteiger partial charge is 0.496 e. The zero-order valence-electron chi connectivity index (χ0n) is 12.9. The van der Waals surface area contributed by atoms with Crippen molar-refractivity contribution in [2.75, 3.05) is 7.11 Å². The zero-order chi connectivity index (χ0) is 18.4.